The van der Waals surface area contributed by atoms with Gasteiger partial charge in [-0.25, -0.2) is 0 Å². The monoisotopic (exact) mass is 272 g/mol. The summed E-state index contributed by atoms with van der Waals surface area (Å²) in [5.74, 6) is 0.767. The second kappa shape index (κ2) is 12.7. The van der Waals surface area contributed by atoms with Crippen LogP contribution in [-0.4, -0.2) is 0 Å². The van der Waals surface area contributed by atoms with Crippen molar-refractivity contribution in [1.82, 2.24) is 0 Å². The second-order valence-electron chi connectivity index (χ2n) is 5.52. The van der Waals surface area contributed by atoms with Crippen molar-refractivity contribution in [1.29, 1.82) is 0 Å². The van der Waals surface area contributed by atoms with Crippen molar-refractivity contribution in [2.24, 2.45) is 5.92 Å². The van der Waals surface area contributed by atoms with E-state index < -0.39 is 0 Å². The lowest BCUT2D eigenvalue weighted by Crippen LogP contribution is -2.04. The summed E-state index contributed by atoms with van der Waals surface area (Å²) in [6.45, 7) is 12.7. The molecule has 0 aromatic heterocycles. The third kappa shape index (κ3) is 10.6. The van der Waals surface area contributed by atoms with E-state index in [9.17, 15) is 0 Å². The minimum Gasteiger partial charge on any atom is -0.0998 e. The van der Waals surface area contributed by atoms with E-state index in [1.54, 1.807) is 5.57 Å². The van der Waals surface area contributed by atoms with Gasteiger partial charge in [0, 0.05) is 0 Å². The normalized spacial score (nSPS) is 16.8. The third-order valence-corrected chi connectivity index (χ3v) is 3.50. The van der Waals surface area contributed by atoms with E-state index in [0.717, 1.165) is 5.92 Å². The minimum atomic E-state index is 0.767. The lowest BCUT2D eigenvalue weighted by molar-refractivity contribution is 0.540. The van der Waals surface area contributed by atoms with Crippen LogP contribution >= 0.6 is 0 Å². The number of benzene rings is 1. The maximum Gasteiger partial charge on any atom is -0.0171 e. The van der Waals surface area contributed by atoms with E-state index in [-0.39, 0.29) is 0 Å². The van der Waals surface area contributed by atoms with E-state index in [0.29, 0.717) is 0 Å². The van der Waals surface area contributed by atoms with Crippen LogP contribution in [0.1, 0.15) is 59.8 Å². The van der Waals surface area contributed by atoms with Gasteiger partial charge in [-0.2, -0.15) is 0 Å². The molecule has 1 aliphatic rings. The zero-order valence-electron chi connectivity index (χ0n) is 13.9. The minimum absolute atomic E-state index is 0.767. The average molecular weight is 272 g/mol. The number of allylic oxidation sites excluding steroid dienone is 3. The third-order valence-electron chi connectivity index (χ3n) is 3.50. The number of unbranched alkanes of at least 4 members (excludes halogenated alkanes) is 1. The van der Waals surface area contributed by atoms with Crippen LogP contribution in [0, 0.1) is 5.92 Å². The SMILES string of the molecule is C=C(C)[C@H]1CC=C(C)CC1.CCCC.c1ccccc1. The zero-order valence-corrected chi connectivity index (χ0v) is 13.9. The average Bonchev–Trinajstić information content (AvgIpc) is 2.50. The van der Waals surface area contributed by atoms with Crippen molar-refractivity contribution in [3.63, 3.8) is 0 Å². The van der Waals surface area contributed by atoms with Crippen LogP contribution in [0.25, 0.3) is 0 Å². The Kier molecular flexibility index (Phi) is 11.9. The highest BCUT2D eigenvalue weighted by molar-refractivity contribution is 5.09. The van der Waals surface area contributed by atoms with Gasteiger partial charge >= 0.3 is 0 Å². The lowest BCUT2D eigenvalue weighted by atomic mass is 9.86. The fourth-order valence-electron chi connectivity index (χ4n) is 1.80. The maximum atomic E-state index is 3.97. The molecule has 1 aromatic rings. The molecule has 0 heterocycles. The van der Waals surface area contributed by atoms with E-state index in [1.165, 1.54) is 37.7 Å². The summed E-state index contributed by atoms with van der Waals surface area (Å²) in [4.78, 5) is 0. The van der Waals surface area contributed by atoms with Crippen LogP contribution in [0.15, 0.2) is 60.2 Å². The Morgan fingerprint density at radius 2 is 1.50 bits per heavy atom. The molecule has 0 unspecified atom stereocenters. The molecule has 0 heteroatoms. The van der Waals surface area contributed by atoms with Gasteiger partial charge in [-0.3, -0.25) is 0 Å². The van der Waals surface area contributed by atoms with Crippen LogP contribution in [0.3, 0.4) is 0 Å². The van der Waals surface area contributed by atoms with E-state index >= 15 is 0 Å². The fraction of sp³-hybridized carbons (Fsp3) is 0.500. The summed E-state index contributed by atoms with van der Waals surface area (Å²) >= 11 is 0. The number of rotatable bonds is 2. The Balaban J connectivity index is 0.000000307. The summed E-state index contributed by atoms with van der Waals surface area (Å²) in [5, 5.41) is 0. The topological polar surface area (TPSA) is 0 Å². The summed E-state index contributed by atoms with van der Waals surface area (Å²) < 4.78 is 0. The molecular formula is C20H32. The molecule has 0 bridgehead atoms. The summed E-state index contributed by atoms with van der Waals surface area (Å²) in [5.41, 5.74) is 2.90. The highest BCUT2D eigenvalue weighted by atomic mass is 14.2. The summed E-state index contributed by atoms with van der Waals surface area (Å²) in [6.07, 6.45) is 8.80. The largest absolute Gasteiger partial charge is 0.0998 e. The summed E-state index contributed by atoms with van der Waals surface area (Å²) in [6, 6.07) is 12.0. The smallest absolute Gasteiger partial charge is 0.0171 e. The van der Waals surface area contributed by atoms with Gasteiger partial charge in [-0.1, -0.05) is 86.9 Å². The van der Waals surface area contributed by atoms with Crippen molar-refractivity contribution < 1.29 is 0 Å². The van der Waals surface area contributed by atoms with Gasteiger partial charge in [-0.15, -0.1) is 0 Å². The van der Waals surface area contributed by atoms with E-state index in [1.807, 2.05) is 36.4 Å². The van der Waals surface area contributed by atoms with Gasteiger partial charge < -0.3 is 0 Å². The molecule has 0 amide bonds. The highest BCUT2D eigenvalue weighted by Gasteiger charge is 2.11. The predicted molar refractivity (Wildman–Crippen MR) is 92.9 cm³/mol. The van der Waals surface area contributed by atoms with Gasteiger partial charge in [0.1, 0.15) is 0 Å². The van der Waals surface area contributed by atoms with Crippen molar-refractivity contribution >= 4 is 0 Å². The van der Waals surface area contributed by atoms with Crippen molar-refractivity contribution in [2.75, 3.05) is 0 Å². The van der Waals surface area contributed by atoms with Gasteiger partial charge in [0.2, 0.25) is 0 Å². The van der Waals surface area contributed by atoms with Gasteiger partial charge in [0.05, 0.1) is 0 Å². The Morgan fingerprint density at radius 3 is 1.75 bits per heavy atom. The standard InChI is InChI=1S/C10H16.C6H6.C4H10/c1-8(2)10-6-4-9(3)5-7-10;1-2-4-6-5-3-1;1-3-4-2/h4,10H,1,5-7H2,2-3H3;1-6H;3-4H2,1-2H3/t10-;;/m0../s1. The Bertz CT molecular complexity index is 330. The molecule has 1 aliphatic carbocycles. The maximum absolute atomic E-state index is 3.97. The molecule has 2 rings (SSSR count). The first-order chi connectivity index (χ1) is 9.61. The highest BCUT2D eigenvalue weighted by Crippen LogP contribution is 2.27. The van der Waals surface area contributed by atoms with Crippen molar-refractivity contribution in [2.45, 2.75) is 59.8 Å². The van der Waals surface area contributed by atoms with Crippen molar-refractivity contribution in [3.8, 4) is 0 Å². The molecule has 20 heavy (non-hydrogen) atoms. The first-order valence-corrected chi connectivity index (χ1v) is 7.92. The number of hydrogen-bond donors (Lipinski definition) is 0. The molecule has 0 aliphatic heterocycles. The fourth-order valence-corrected chi connectivity index (χ4v) is 1.80. The molecule has 0 nitrogen and oxygen atoms in total. The Hall–Kier alpha value is -1.30. The van der Waals surface area contributed by atoms with Gasteiger partial charge in [-0.05, 0) is 39.0 Å². The van der Waals surface area contributed by atoms with Crippen LogP contribution < -0.4 is 0 Å². The second-order valence-corrected chi connectivity index (χ2v) is 5.52. The van der Waals surface area contributed by atoms with Crippen LogP contribution in [0.4, 0.5) is 0 Å². The van der Waals surface area contributed by atoms with Crippen LogP contribution in [-0.2, 0) is 0 Å². The quantitative estimate of drug-likeness (QED) is 0.519. The molecule has 0 saturated heterocycles. The van der Waals surface area contributed by atoms with Crippen molar-refractivity contribution in [3.05, 3.63) is 60.2 Å². The number of hydrogen-bond acceptors (Lipinski definition) is 0. The molecule has 0 radical (unpaired) electrons. The van der Waals surface area contributed by atoms with Crippen LogP contribution in [0.2, 0.25) is 0 Å². The van der Waals surface area contributed by atoms with E-state index in [2.05, 4.69) is 40.3 Å². The molecule has 0 spiro atoms. The molecule has 0 saturated carbocycles. The van der Waals surface area contributed by atoms with E-state index in [4.69, 9.17) is 0 Å². The Morgan fingerprint density at radius 1 is 1.05 bits per heavy atom. The molecule has 0 N–H and O–H groups in total. The van der Waals surface area contributed by atoms with Gasteiger partial charge in [0.25, 0.3) is 0 Å². The molecular weight excluding hydrogens is 240 g/mol. The molecule has 1 atom stereocenters. The molecule has 1 aromatic carbocycles. The lowest BCUT2D eigenvalue weighted by Gasteiger charge is -2.19. The molecule has 112 valence electrons. The molecule has 0 fully saturated rings. The van der Waals surface area contributed by atoms with Crippen LogP contribution in [0.5, 0.6) is 0 Å². The predicted octanol–water partition coefficient (Wildman–Crippen LogP) is 6.80. The Labute approximate surface area is 126 Å². The van der Waals surface area contributed by atoms with Gasteiger partial charge in [0.15, 0.2) is 0 Å². The first kappa shape index (κ1) is 18.7. The first-order valence-electron chi connectivity index (χ1n) is 7.92. The summed E-state index contributed by atoms with van der Waals surface area (Å²) in [7, 11) is 0. The zero-order chi connectivity index (χ0) is 15.2.